The van der Waals surface area contributed by atoms with Gasteiger partial charge in [-0.05, 0) is 101 Å². The molecule has 0 bridgehead atoms. The molecule has 10 rings (SSSR count). The fourth-order valence-electron chi connectivity index (χ4n) is 7.47. The summed E-state index contributed by atoms with van der Waals surface area (Å²) in [6, 6.07) is 43.4. The maximum Gasteiger partial charge on any atom is 0.136 e. The van der Waals surface area contributed by atoms with Crippen LogP contribution >= 0.6 is 0 Å². The van der Waals surface area contributed by atoms with Crippen LogP contribution in [0.25, 0.3) is 98.4 Å². The Morgan fingerprint density at radius 2 is 0.957 bits per heavy atom. The van der Waals surface area contributed by atoms with Crippen molar-refractivity contribution in [3.63, 3.8) is 0 Å². The minimum absolute atomic E-state index is 0.189. The van der Waals surface area contributed by atoms with Crippen molar-refractivity contribution >= 4 is 65.0 Å². The topological polar surface area (TPSA) is 13.1 Å². The van der Waals surface area contributed by atoms with Gasteiger partial charge in [0.2, 0.25) is 0 Å². The van der Waals surface area contributed by atoms with Crippen molar-refractivity contribution in [1.82, 2.24) is 0 Å². The maximum atomic E-state index is 9.02. The summed E-state index contributed by atoms with van der Waals surface area (Å²) in [7, 11) is 0. The van der Waals surface area contributed by atoms with E-state index in [9.17, 15) is 0 Å². The summed E-state index contributed by atoms with van der Waals surface area (Å²) in [4.78, 5) is 0. The van der Waals surface area contributed by atoms with Crippen LogP contribution in [0, 0.1) is 0 Å². The normalized spacial score (nSPS) is 13.6. The van der Waals surface area contributed by atoms with E-state index < -0.39 is 6.04 Å². The van der Waals surface area contributed by atoms with Crippen LogP contribution in [-0.2, 0) is 0 Å². The molecular formula is C46H28O. The number of rotatable bonds is 3. The van der Waals surface area contributed by atoms with E-state index in [2.05, 4.69) is 36.4 Å². The van der Waals surface area contributed by atoms with E-state index in [0.29, 0.717) is 11.6 Å². The minimum atomic E-state index is -0.411. The Kier molecular flexibility index (Phi) is 4.49. The molecule has 9 aromatic carbocycles. The highest BCUT2D eigenvalue weighted by Crippen LogP contribution is 2.46. The summed E-state index contributed by atoms with van der Waals surface area (Å²) < 4.78 is 58.5. The highest BCUT2D eigenvalue weighted by molar-refractivity contribution is 6.24. The third-order valence-electron chi connectivity index (χ3n) is 9.40. The molecule has 0 spiro atoms. The standard InChI is InChI=1S/C46H28O/c1-2-13-29(14-3-1)43-35-19-8-10-21-37(35)44(38-22-11-9-20-36(38)43)32-25-26-39-42(28-32)47-41-24-12-23-40(46(39)41)45-33-17-6-4-15-30(33)27-31-16-5-7-18-34(31)45/h1-28H/i1D,2D,3D,13D,14D,27D. The second-order valence-corrected chi connectivity index (χ2v) is 11.9. The molecule has 0 amide bonds. The first kappa shape index (κ1) is 20.8. The first-order valence-electron chi connectivity index (χ1n) is 18.7. The lowest BCUT2D eigenvalue weighted by molar-refractivity contribution is 0.669. The Bertz CT molecular complexity index is 3050. The molecule has 1 aromatic heterocycles. The summed E-state index contributed by atoms with van der Waals surface area (Å²) in [5, 5.41) is 9.22. The van der Waals surface area contributed by atoms with E-state index in [0.717, 1.165) is 87.3 Å². The van der Waals surface area contributed by atoms with Gasteiger partial charge in [0.15, 0.2) is 0 Å². The Morgan fingerprint density at radius 3 is 1.57 bits per heavy atom. The van der Waals surface area contributed by atoms with Crippen molar-refractivity contribution in [3.8, 4) is 33.4 Å². The van der Waals surface area contributed by atoms with Crippen molar-refractivity contribution in [3.05, 3.63) is 170 Å². The SMILES string of the molecule is [2H]c1c([2H])c([2H])c(-c2c3ccccc3c(-c3ccc4c(c3)oc3cccc(-c5c6ccccc6c([2H])c6ccccc56)c34)c3ccccc23)c([2H])c1[2H]. The van der Waals surface area contributed by atoms with Crippen LogP contribution in [-0.4, -0.2) is 0 Å². The van der Waals surface area contributed by atoms with Gasteiger partial charge < -0.3 is 4.42 Å². The Hall–Kier alpha value is -6.18. The van der Waals surface area contributed by atoms with E-state index >= 15 is 0 Å². The zero-order chi connectivity index (χ0) is 36.1. The molecule has 0 saturated carbocycles. The first-order chi connectivity index (χ1) is 25.8. The Labute approximate surface area is 280 Å². The average Bonchev–Trinajstić information content (AvgIpc) is 3.58. The molecule has 0 aliphatic heterocycles. The van der Waals surface area contributed by atoms with Crippen LogP contribution in [0.2, 0.25) is 0 Å². The summed E-state index contributed by atoms with van der Waals surface area (Å²) in [6.07, 6.45) is 0. The molecule has 10 aromatic rings. The van der Waals surface area contributed by atoms with Crippen molar-refractivity contribution in [2.45, 2.75) is 0 Å². The molecule has 0 aliphatic rings. The third-order valence-corrected chi connectivity index (χ3v) is 9.40. The van der Waals surface area contributed by atoms with E-state index in [4.69, 9.17) is 12.6 Å². The summed E-state index contributed by atoms with van der Waals surface area (Å²) in [5.74, 6) is 0. The lowest BCUT2D eigenvalue weighted by Crippen LogP contribution is -1.90. The van der Waals surface area contributed by atoms with Gasteiger partial charge in [-0.1, -0.05) is 145 Å². The number of hydrogen-bond acceptors (Lipinski definition) is 1. The molecule has 0 atom stereocenters. The van der Waals surface area contributed by atoms with Gasteiger partial charge in [0.05, 0.1) is 8.22 Å². The second kappa shape index (κ2) is 10.2. The van der Waals surface area contributed by atoms with Gasteiger partial charge in [0.1, 0.15) is 11.2 Å². The molecule has 0 N–H and O–H groups in total. The minimum Gasteiger partial charge on any atom is -0.456 e. The largest absolute Gasteiger partial charge is 0.456 e. The molecule has 47 heavy (non-hydrogen) atoms. The molecule has 0 fully saturated rings. The molecule has 1 heteroatoms. The predicted octanol–water partition coefficient (Wildman–Crippen LogP) is 13.2. The fraction of sp³-hybridized carbons (Fsp3) is 0. The van der Waals surface area contributed by atoms with Crippen molar-refractivity contribution in [2.24, 2.45) is 0 Å². The summed E-state index contributed by atoms with van der Waals surface area (Å²) in [6.45, 7) is 0. The maximum absolute atomic E-state index is 9.02. The quantitative estimate of drug-likeness (QED) is 0.183. The molecule has 1 heterocycles. The van der Waals surface area contributed by atoms with Crippen molar-refractivity contribution in [1.29, 1.82) is 0 Å². The van der Waals surface area contributed by atoms with Crippen LogP contribution in [0.1, 0.15) is 8.22 Å². The van der Waals surface area contributed by atoms with E-state index in [1.807, 2.05) is 97.1 Å². The number of hydrogen-bond donors (Lipinski definition) is 0. The summed E-state index contributed by atoms with van der Waals surface area (Å²) in [5.41, 5.74) is 6.33. The molecular weight excluding hydrogens is 569 g/mol. The number of furan rings is 1. The average molecular weight is 603 g/mol. The first-order valence-corrected chi connectivity index (χ1v) is 15.7. The van der Waals surface area contributed by atoms with Crippen LogP contribution in [0.5, 0.6) is 0 Å². The van der Waals surface area contributed by atoms with Gasteiger partial charge in [-0.3, -0.25) is 0 Å². The van der Waals surface area contributed by atoms with Gasteiger partial charge in [-0.2, -0.15) is 0 Å². The monoisotopic (exact) mass is 602 g/mol. The molecule has 0 unspecified atom stereocenters. The van der Waals surface area contributed by atoms with E-state index in [1.54, 1.807) is 0 Å². The van der Waals surface area contributed by atoms with Crippen LogP contribution in [0.3, 0.4) is 0 Å². The van der Waals surface area contributed by atoms with Gasteiger partial charge in [-0.25, -0.2) is 0 Å². The predicted molar refractivity (Wildman–Crippen MR) is 200 cm³/mol. The summed E-state index contributed by atoms with van der Waals surface area (Å²) >= 11 is 0. The Morgan fingerprint density at radius 1 is 0.404 bits per heavy atom. The Balaban J connectivity index is 1.26. The van der Waals surface area contributed by atoms with Crippen LogP contribution < -0.4 is 0 Å². The fourth-order valence-corrected chi connectivity index (χ4v) is 7.47. The van der Waals surface area contributed by atoms with Crippen LogP contribution in [0.15, 0.2) is 174 Å². The van der Waals surface area contributed by atoms with E-state index in [1.165, 1.54) is 0 Å². The van der Waals surface area contributed by atoms with Gasteiger partial charge in [0.25, 0.3) is 0 Å². The van der Waals surface area contributed by atoms with Gasteiger partial charge in [0, 0.05) is 10.8 Å². The third kappa shape index (κ3) is 3.90. The zero-order valence-corrected chi connectivity index (χ0v) is 25.1. The number of fused-ring (bicyclic) bond motifs is 7. The molecule has 0 radical (unpaired) electrons. The van der Waals surface area contributed by atoms with Crippen LogP contribution in [0.4, 0.5) is 0 Å². The molecule has 0 saturated heterocycles. The highest BCUT2D eigenvalue weighted by atomic mass is 16.3. The molecule has 0 aliphatic carbocycles. The smallest absolute Gasteiger partial charge is 0.136 e. The van der Waals surface area contributed by atoms with Crippen molar-refractivity contribution < 1.29 is 12.6 Å². The lowest BCUT2D eigenvalue weighted by atomic mass is 9.85. The van der Waals surface area contributed by atoms with Gasteiger partial charge >= 0.3 is 0 Å². The number of benzene rings is 9. The second-order valence-electron chi connectivity index (χ2n) is 11.9. The zero-order valence-electron chi connectivity index (χ0n) is 31.1. The van der Waals surface area contributed by atoms with E-state index in [-0.39, 0.29) is 29.7 Å². The molecule has 1 nitrogen and oxygen atoms in total. The highest BCUT2D eigenvalue weighted by Gasteiger charge is 2.20. The van der Waals surface area contributed by atoms with Gasteiger partial charge in [-0.15, -0.1) is 0 Å². The molecule has 218 valence electrons. The lowest BCUT2D eigenvalue weighted by Gasteiger charge is -2.17. The van der Waals surface area contributed by atoms with Crippen molar-refractivity contribution in [2.75, 3.05) is 0 Å².